The summed E-state index contributed by atoms with van der Waals surface area (Å²) in [5.41, 5.74) is -0.115. The maximum absolute atomic E-state index is 11.8. The van der Waals surface area contributed by atoms with E-state index in [1.54, 1.807) is 4.90 Å². The lowest BCUT2D eigenvalue weighted by molar-refractivity contribution is -0.144. The van der Waals surface area contributed by atoms with Gasteiger partial charge in [0, 0.05) is 31.6 Å². The topological polar surface area (TPSA) is 32.3 Å². The molecule has 0 radical (unpaired) electrons. The number of amides is 1. The third-order valence-corrected chi connectivity index (χ3v) is 2.89. The number of carbonyl (C=O) groups excluding carboxylic acids is 1. The first-order chi connectivity index (χ1) is 6.35. The van der Waals surface area contributed by atoms with Crippen LogP contribution in [0.4, 0.5) is 0 Å². The van der Waals surface area contributed by atoms with Gasteiger partial charge in [0.15, 0.2) is 0 Å². The van der Waals surface area contributed by atoms with Crippen molar-refractivity contribution in [3.8, 4) is 0 Å². The zero-order valence-electron chi connectivity index (χ0n) is 9.92. The van der Waals surface area contributed by atoms with Gasteiger partial charge in [-0.25, -0.2) is 0 Å². The van der Waals surface area contributed by atoms with Gasteiger partial charge in [0.2, 0.25) is 5.91 Å². The first-order valence-electron chi connectivity index (χ1n) is 5.33. The van der Waals surface area contributed by atoms with Crippen LogP contribution in [0.1, 0.15) is 33.6 Å². The van der Waals surface area contributed by atoms with Crippen molar-refractivity contribution in [3.05, 3.63) is 0 Å². The van der Waals surface area contributed by atoms with Gasteiger partial charge in [-0.3, -0.25) is 4.79 Å². The Hall–Kier alpha value is -0.570. The van der Waals surface area contributed by atoms with Crippen molar-refractivity contribution in [2.75, 3.05) is 14.1 Å². The van der Waals surface area contributed by atoms with Gasteiger partial charge in [-0.15, -0.1) is 0 Å². The third-order valence-electron chi connectivity index (χ3n) is 2.89. The largest absolute Gasteiger partial charge is 0.348 e. The lowest BCUT2D eigenvalue weighted by atomic mass is 9.66. The van der Waals surface area contributed by atoms with Crippen molar-refractivity contribution < 1.29 is 4.79 Å². The quantitative estimate of drug-likeness (QED) is 0.740. The summed E-state index contributed by atoms with van der Waals surface area (Å²) in [5, 5.41) is 3.46. The van der Waals surface area contributed by atoms with Crippen molar-refractivity contribution in [3.63, 3.8) is 0 Å². The summed E-state index contributed by atoms with van der Waals surface area (Å²) in [6, 6.07) is 1.04. The van der Waals surface area contributed by atoms with Crippen LogP contribution >= 0.6 is 0 Å². The first kappa shape index (κ1) is 11.5. The van der Waals surface area contributed by atoms with E-state index in [1.807, 2.05) is 14.1 Å². The molecule has 82 valence electrons. The average Bonchev–Trinajstić information content (AvgIpc) is 1.98. The summed E-state index contributed by atoms with van der Waals surface area (Å²) >= 11 is 0. The summed E-state index contributed by atoms with van der Waals surface area (Å²) < 4.78 is 0. The second-order valence-corrected chi connectivity index (χ2v) is 5.19. The van der Waals surface area contributed by atoms with Gasteiger partial charge in [-0.05, 0) is 12.8 Å². The standard InChI is InChI=1S/C11H22N2O/c1-8(2)12-9-6-11(3,7-9)10(14)13(4)5/h8-9,12H,6-7H2,1-5H3/t9-,11+. The smallest absolute Gasteiger partial charge is 0.228 e. The van der Waals surface area contributed by atoms with Crippen LogP contribution in [0.5, 0.6) is 0 Å². The Morgan fingerprint density at radius 2 is 1.93 bits per heavy atom. The van der Waals surface area contributed by atoms with Gasteiger partial charge >= 0.3 is 0 Å². The average molecular weight is 198 g/mol. The van der Waals surface area contributed by atoms with Crippen LogP contribution in [0.25, 0.3) is 0 Å². The highest BCUT2D eigenvalue weighted by Gasteiger charge is 2.46. The Kier molecular flexibility index (Phi) is 3.20. The number of rotatable bonds is 3. The number of nitrogens with one attached hydrogen (secondary N) is 1. The molecular formula is C11H22N2O. The predicted octanol–water partition coefficient (Wildman–Crippen LogP) is 1.24. The van der Waals surface area contributed by atoms with E-state index < -0.39 is 0 Å². The molecule has 1 N–H and O–H groups in total. The molecule has 1 fully saturated rings. The van der Waals surface area contributed by atoms with Crippen LogP contribution in [0.15, 0.2) is 0 Å². The van der Waals surface area contributed by atoms with E-state index in [0.29, 0.717) is 12.1 Å². The van der Waals surface area contributed by atoms with Crippen LogP contribution in [-0.2, 0) is 4.79 Å². The molecule has 1 saturated carbocycles. The van der Waals surface area contributed by atoms with Gasteiger partial charge in [0.1, 0.15) is 0 Å². The van der Waals surface area contributed by atoms with Crippen molar-refractivity contribution in [1.29, 1.82) is 0 Å². The Balaban J connectivity index is 2.41. The molecule has 0 saturated heterocycles. The van der Waals surface area contributed by atoms with E-state index in [0.717, 1.165) is 12.8 Å². The van der Waals surface area contributed by atoms with Crippen LogP contribution in [0.2, 0.25) is 0 Å². The Morgan fingerprint density at radius 3 is 2.29 bits per heavy atom. The summed E-state index contributed by atoms with van der Waals surface area (Å²) in [5.74, 6) is 0.263. The summed E-state index contributed by atoms with van der Waals surface area (Å²) in [6.45, 7) is 6.35. The molecule has 0 atom stereocenters. The van der Waals surface area contributed by atoms with Crippen LogP contribution in [0.3, 0.4) is 0 Å². The van der Waals surface area contributed by atoms with Gasteiger partial charge in [-0.2, -0.15) is 0 Å². The molecule has 3 nitrogen and oxygen atoms in total. The van der Waals surface area contributed by atoms with Crippen molar-refractivity contribution in [1.82, 2.24) is 10.2 Å². The van der Waals surface area contributed by atoms with Crippen molar-refractivity contribution >= 4 is 5.91 Å². The number of hydrogen-bond acceptors (Lipinski definition) is 2. The summed E-state index contributed by atoms with van der Waals surface area (Å²) in [4.78, 5) is 13.5. The predicted molar refractivity (Wildman–Crippen MR) is 58.1 cm³/mol. The van der Waals surface area contributed by atoms with E-state index in [-0.39, 0.29) is 11.3 Å². The molecule has 1 aliphatic rings. The number of nitrogens with zero attached hydrogens (tertiary/aromatic N) is 1. The van der Waals surface area contributed by atoms with Crippen LogP contribution in [0, 0.1) is 5.41 Å². The maximum Gasteiger partial charge on any atom is 0.228 e. The minimum Gasteiger partial charge on any atom is -0.348 e. The lowest BCUT2D eigenvalue weighted by Crippen LogP contribution is -2.55. The normalized spacial score (nSPS) is 31.4. The van der Waals surface area contributed by atoms with Gasteiger partial charge in [-0.1, -0.05) is 20.8 Å². The molecule has 0 heterocycles. The summed E-state index contributed by atoms with van der Waals surface area (Å²) in [6.07, 6.45) is 1.95. The molecular weight excluding hydrogens is 176 g/mol. The van der Waals surface area contributed by atoms with Crippen LogP contribution in [-0.4, -0.2) is 37.0 Å². The maximum atomic E-state index is 11.8. The minimum absolute atomic E-state index is 0.115. The number of hydrogen-bond donors (Lipinski definition) is 1. The highest BCUT2D eigenvalue weighted by Crippen LogP contribution is 2.42. The van der Waals surface area contributed by atoms with E-state index in [2.05, 4.69) is 26.1 Å². The zero-order chi connectivity index (χ0) is 10.9. The molecule has 1 rings (SSSR count). The second-order valence-electron chi connectivity index (χ2n) is 5.19. The monoisotopic (exact) mass is 198 g/mol. The van der Waals surface area contributed by atoms with E-state index in [4.69, 9.17) is 0 Å². The van der Waals surface area contributed by atoms with Crippen molar-refractivity contribution in [2.45, 2.75) is 45.7 Å². The Labute approximate surface area is 86.9 Å². The highest BCUT2D eigenvalue weighted by atomic mass is 16.2. The molecule has 0 aromatic heterocycles. The highest BCUT2D eigenvalue weighted by molar-refractivity contribution is 5.83. The fourth-order valence-corrected chi connectivity index (χ4v) is 2.33. The van der Waals surface area contributed by atoms with Gasteiger partial charge < -0.3 is 10.2 Å². The van der Waals surface area contributed by atoms with Crippen molar-refractivity contribution in [2.24, 2.45) is 5.41 Å². The molecule has 14 heavy (non-hydrogen) atoms. The van der Waals surface area contributed by atoms with Gasteiger partial charge in [0.25, 0.3) is 0 Å². The molecule has 0 aliphatic heterocycles. The number of carbonyl (C=O) groups is 1. The fraction of sp³-hybridized carbons (Fsp3) is 0.909. The fourth-order valence-electron chi connectivity index (χ4n) is 2.33. The molecule has 0 spiro atoms. The minimum atomic E-state index is -0.115. The second kappa shape index (κ2) is 3.89. The molecule has 1 amide bonds. The molecule has 0 aromatic rings. The van der Waals surface area contributed by atoms with E-state index in [1.165, 1.54) is 0 Å². The zero-order valence-corrected chi connectivity index (χ0v) is 9.92. The Morgan fingerprint density at radius 1 is 1.43 bits per heavy atom. The molecule has 3 heteroatoms. The van der Waals surface area contributed by atoms with Crippen LogP contribution < -0.4 is 5.32 Å². The summed E-state index contributed by atoms with van der Waals surface area (Å²) in [7, 11) is 3.66. The molecule has 0 unspecified atom stereocenters. The van der Waals surface area contributed by atoms with E-state index >= 15 is 0 Å². The molecule has 0 bridgehead atoms. The van der Waals surface area contributed by atoms with Gasteiger partial charge in [0.05, 0.1) is 0 Å². The van der Waals surface area contributed by atoms with E-state index in [9.17, 15) is 4.79 Å². The Bertz CT molecular complexity index is 217. The first-order valence-corrected chi connectivity index (χ1v) is 5.33. The molecule has 0 aromatic carbocycles. The lowest BCUT2D eigenvalue weighted by Gasteiger charge is -2.46. The SMILES string of the molecule is CC(C)N[C@H]1C[C@@](C)(C(=O)N(C)C)C1. The molecule has 1 aliphatic carbocycles. The third kappa shape index (κ3) is 2.27.